The lowest BCUT2D eigenvalue weighted by molar-refractivity contribution is -0.127. The molecule has 3 amide bonds. The molecule has 2 heterocycles. The first-order valence-electron chi connectivity index (χ1n) is 6.87. The van der Waals surface area contributed by atoms with E-state index in [9.17, 15) is 14.4 Å². The highest BCUT2D eigenvalue weighted by Gasteiger charge is 2.36. The van der Waals surface area contributed by atoms with Crippen molar-refractivity contribution < 1.29 is 18.8 Å². The maximum atomic E-state index is 12.3. The summed E-state index contributed by atoms with van der Waals surface area (Å²) in [6.45, 7) is -0.337. The fourth-order valence-electron chi connectivity index (χ4n) is 2.02. The number of furan rings is 1. The maximum absolute atomic E-state index is 12.3. The summed E-state index contributed by atoms with van der Waals surface area (Å²) in [5, 5.41) is 2.16. The third-order valence-corrected chi connectivity index (χ3v) is 4.56. The molecule has 0 aliphatic carbocycles. The van der Waals surface area contributed by atoms with Crippen molar-refractivity contribution in [2.45, 2.75) is 0 Å². The Balaban J connectivity index is 1.66. The van der Waals surface area contributed by atoms with Gasteiger partial charge in [0.15, 0.2) is 0 Å². The van der Waals surface area contributed by atoms with Crippen LogP contribution in [0.5, 0.6) is 0 Å². The number of hydrogen-bond donors (Lipinski definition) is 1. The summed E-state index contributed by atoms with van der Waals surface area (Å²) in [6.07, 6.45) is 2.96. The number of rotatable bonds is 4. The fourth-order valence-corrected chi connectivity index (χ4v) is 3.10. The highest BCUT2D eigenvalue weighted by molar-refractivity contribution is 9.10. The summed E-state index contributed by atoms with van der Waals surface area (Å²) < 4.78 is 6.01. The normalized spacial score (nSPS) is 16.0. The van der Waals surface area contributed by atoms with Crippen molar-refractivity contribution in [2.24, 2.45) is 0 Å². The summed E-state index contributed by atoms with van der Waals surface area (Å²) >= 11 is 4.08. The molecule has 1 aliphatic heterocycles. The Bertz CT molecular complexity index is 815. The van der Waals surface area contributed by atoms with Gasteiger partial charge in [-0.15, -0.1) is 0 Å². The van der Waals surface area contributed by atoms with E-state index in [2.05, 4.69) is 21.2 Å². The number of thioether (sulfide) groups is 1. The van der Waals surface area contributed by atoms with Crippen molar-refractivity contribution in [3.8, 4) is 0 Å². The monoisotopic (exact) mass is 406 g/mol. The zero-order chi connectivity index (χ0) is 17.1. The predicted octanol–water partition coefficient (Wildman–Crippen LogP) is 3.72. The number of carbonyl (C=O) groups is 3. The van der Waals surface area contributed by atoms with Gasteiger partial charge in [0, 0.05) is 16.2 Å². The number of anilines is 1. The van der Waals surface area contributed by atoms with Gasteiger partial charge in [-0.1, -0.05) is 15.9 Å². The standard InChI is InChI=1S/C16H11BrN2O4S/c17-10-3-5-11(6-4-10)18-14(20)9-19-15(21)13(24-16(19)22)8-12-2-1-7-23-12/h1-8H,9H2,(H,18,20)/b13-8+. The Kier molecular flexibility index (Phi) is 4.86. The van der Waals surface area contributed by atoms with Gasteiger partial charge in [-0.2, -0.15) is 0 Å². The second-order valence-corrected chi connectivity index (χ2v) is 6.75. The van der Waals surface area contributed by atoms with E-state index in [0.717, 1.165) is 21.1 Å². The molecule has 6 nitrogen and oxygen atoms in total. The summed E-state index contributed by atoms with van der Waals surface area (Å²) in [4.78, 5) is 37.4. The zero-order valence-electron chi connectivity index (χ0n) is 12.2. The molecule has 24 heavy (non-hydrogen) atoms. The highest BCUT2D eigenvalue weighted by Crippen LogP contribution is 2.32. The van der Waals surface area contributed by atoms with Gasteiger partial charge in [0.05, 0.1) is 11.2 Å². The molecular formula is C16H11BrN2O4S. The lowest BCUT2D eigenvalue weighted by atomic mass is 10.3. The van der Waals surface area contributed by atoms with E-state index in [0.29, 0.717) is 11.4 Å². The Morgan fingerprint density at radius 3 is 2.67 bits per heavy atom. The summed E-state index contributed by atoms with van der Waals surface area (Å²) in [5.74, 6) is -0.481. The molecule has 0 spiro atoms. The molecule has 1 aromatic carbocycles. The van der Waals surface area contributed by atoms with Crippen molar-refractivity contribution in [3.63, 3.8) is 0 Å². The maximum Gasteiger partial charge on any atom is 0.294 e. The van der Waals surface area contributed by atoms with Gasteiger partial charge in [0.1, 0.15) is 12.3 Å². The number of hydrogen-bond acceptors (Lipinski definition) is 5. The van der Waals surface area contributed by atoms with E-state index in [-0.39, 0.29) is 11.4 Å². The molecule has 8 heteroatoms. The number of imide groups is 1. The first kappa shape index (κ1) is 16.5. The molecule has 1 fully saturated rings. The van der Waals surface area contributed by atoms with Crippen LogP contribution in [0.25, 0.3) is 6.08 Å². The van der Waals surface area contributed by atoms with Crippen molar-refractivity contribution in [1.82, 2.24) is 4.90 Å². The molecular weight excluding hydrogens is 396 g/mol. The Hall–Kier alpha value is -2.32. The van der Waals surface area contributed by atoms with Gasteiger partial charge in [0.2, 0.25) is 5.91 Å². The average molecular weight is 407 g/mol. The van der Waals surface area contributed by atoms with Gasteiger partial charge in [-0.3, -0.25) is 19.3 Å². The molecule has 1 saturated heterocycles. The average Bonchev–Trinajstić information content (AvgIpc) is 3.14. The van der Waals surface area contributed by atoms with Crippen LogP contribution in [0.2, 0.25) is 0 Å². The van der Waals surface area contributed by atoms with E-state index in [1.807, 2.05) is 0 Å². The SMILES string of the molecule is O=C(CN1C(=O)S/C(=C/c2ccco2)C1=O)Nc1ccc(Br)cc1. The van der Waals surface area contributed by atoms with E-state index in [4.69, 9.17) is 4.42 Å². The Morgan fingerprint density at radius 1 is 1.25 bits per heavy atom. The van der Waals surface area contributed by atoms with Gasteiger partial charge >= 0.3 is 0 Å². The largest absolute Gasteiger partial charge is 0.465 e. The van der Waals surface area contributed by atoms with Crippen molar-refractivity contribution >= 4 is 56.5 Å². The third kappa shape index (κ3) is 3.77. The molecule has 1 N–H and O–H groups in total. The van der Waals surface area contributed by atoms with E-state index >= 15 is 0 Å². The molecule has 1 aliphatic rings. The molecule has 2 aromatic rings. The molecule has 0 radical (unpaired) electrons. The lowest BCUT2D eigenvalue weighted by Crippen LogP contribution is -2.36. The van der Waals surface area contributed by atoms with Crippen molar-refractivity contribution in [3.05, 3.63) is 57.8 Å². The molecule has 0 saturated carbocycles. The molecule has 0 unspecified atom stereocenters. The van der Waals surface area contributed by atoms with Crippen LogP contribution < -0.4 is 5.32 Å². The number of halogens is 1. The summed E-state index contributed by atoms with van der Waals surface area (Å²) in [6, 6.07) is 10.3. The van der Waals surface area contributed by atoms with Gasteiger partial charge in [0.25, 0.3) is 11.1 Å². The highest BCUT2D eigenvalue weighted by atomic mass is 79.9. The van der Waals surface area contributed by atoms with Crippen molar-refractivity contribution in [1.29, 1.82) is 0 Å². The van der Waals surface area contributed by atoms with Crippen molar-refractivity contribution in [2.75, 3.05) is 11.9 Å². The number of amides is 3. The van der Waals surface area contributed by atoms with Crippen LogP contribution in [0.15, 0.2) is 56.5 Å². The Labute approximate surface area is 150 Å². The topological polar surface area (TPSA) is 79.6 Å². The number of nitrogens with one attached hydrogen (secondary N) is 1. The van der Waals surface area contributed by atoms with Crippen LogP contribution in [0, 0.1) is 0 Å². The molecule has 0 atom stereocenters. The van der Waals surface area contributed by atoms with E-state index in [1.54, 1.807) is 36.4 Å². The lowest BCUT2D eigenvalue weighted by Gasteiger charge is -2.12. The minimum Gasteiger partial charge on any atom is -0.465 e. The van der Waals surface area contributed by atoms with Gasteiger partial charge in [-0.25, -0.2) is 0 Å². The van der Waals surface area contributed by atoms with Crippen LogP contribution in [-0.2, 0) is 9.59 Å². The van der Waals surface area contributed by atoms with Gasteiger partial charge < -0.3 is 9.73 Å². The second kappa shape index (κ2) is 7.06. The smallest absolute Gasteiger partial charge is 0.294 e. The third-order valence-electron chi connectivity index (χ3n) is 3.12. The van der Waals surface area contributed by atoms with Crippen LogP contribution in [-0.4, -0.2) is 28.5 Å². The van der Waals surface area contributed by atoms with Crippen LogP contribution in [0.1, 0.15) is 5.76 Å². The predicted molar refractivity (Wildman–Crippen MR) is 94.2 cm³/mol. The van der Waals surface area contributed by atoms with E-state index in [1.165, 1.54) is 12.3 Å². The first-order chi connectivity index (χ1) is 11.5. The number of benzene rings is 1. The van der Waals surface area contributed by atoms with Gasteiger partial charge in [-0.05, 0) is 48.2 Å². The number of nitrogens with zero attached hydrogens (tertiary/aromatic N) is 1. The minimum atomic E-state index is -0.507. The molecule has 122 valence electrons. The molecule has 1 aromatic heterocycles. The minimum absolute atomic E-state index is 0.228. The second-order valence-electron chi connectivity index (χ2n) is 4.84. The number of carbonyl (C=O) groups excluding carboxylic acids is 3. The first-order valence-corrected chi connectivity index (χ1v) is 8.48. The molecule has 0 bridgehead atoms. The van der Waals surface area contributed by atoms with Crippen LogP contribution in [0.4, 0.5) is 10.5 Å². The molecule has 3 rings (SSSR count). The summed E-state index contributed by atoms with van der Waals surface area (Å²) in [7, 11) is 0. The van der Waals surface area contributed by atoms with E-state index < -0.39 is 17.1 Å². The Morgan fingerprint density at radius 2 is 2.00 bits per heavy atom. The van der Waals surface area contributed by atoms with Crippen LogP contribution in [0.3, 0.4) is 0 Å². The quantitative estimate of drug-likeness (QED) is 0.782. The summed E-state index contributed by atoms with van der Waals surface area (Å²) in [5.41, 5.74) is 0.585. The van der Waals surface area contributed by atoms with Crippen LogP contribution >= 0.6 is 27.7 Å². The fraction of sp³-hybridized carbons (Fsp3) is 0.0625. The zero-order valence-corrected chi connectivity index (χ0v) is 14.6.